The molecule has 0 radical (unpaired) electrons. The highest BCUT2D eigenvalue weighted by Crippen LogP contribution is 2.38. The summed E-state index contributed by atoms with van der Waals surface area (Å²) in [5.74, 6) is 0.109. The summed E-state index contributed by atoms with van der Waals surface area (Å²) in [5.41, 5.74) is 1.51. The number of β-amino-alcohol motifs (C(OH)–C–C–N with tert-alkyl or cyclic N) is 1. The SMILES string of the molecule is COc1cc2c(Oc3ccc(NC(=S)NC(=O)Cc4ccccc4Cl)cc3F)ccnc2cc1OCC(O)CN1CCOCC1. The van der Waals surface area contributed by atoms with Crippen LogP contribution in [-0.2, 0) is 16.0 Å². The quantitative estimate of drug-likeness (QED) is 0.192. The van der Waals surface area contributed by atoms with Crippen molar-refractivity contribution >= 4 is 51.4 Å². The molecule has 1 aliphatic heterocycles. The van der Waals surface area contributed by atoms with Crippen LogP contribution >= 0.6 is 23.8 Å². The average molecular weight is 655 g/mol. The van der Waals surface area contributed by atoms with Crippen molar-refractivity contribution in [2.75, 3.05) is 51.9 Å². The molecular formula is C32H32ClFN4O6S. The van der Waals surface area contributed by atoms with Crippen molar-refractivity contribution in [1.29, 1.82) is 0 Å². The summed E-state index contributed by atoms with van der Waals surface area (Å²) in [4.78, 5) is 18.9. The zero-order chi connectivity index (χ0) is 31.8. The molecule has 1 fully saturated rings. The van der Waals surface area contributed by atoms with Gasteiger partial charge in [0.05, 0.1) is 32.3 Å². The highest BCUT2D eigenvalue weighted by Gasteiger charge is 2.18. The van der Waals surface area contributed by atoms with E-state index in [2.05, 4.69) is 20.5 Å². The topological polar surface area (TPSA) is 114 Å². The van der Waals surface area contributed by atoms with Gasteiger partial charge in [-0.15, -0.1) is 0 Å². The van der Waals surface area contributed by atoms with Crippen molar-refractivity contribution in [3.63, 3.8) is 0 Å². The van der Waals surface area contributed by atoms with Crippen LogP contribution in [0, 0.1) is 5.82 Å². The van der Waals surface area contributed by atoms with Gasteiger partial charge < -0.3 is 34.7 Å². The van der Waals surface area contributed by atoms with Gasteiger partial charge in [-0.25, -0.2) is 4.39 Å². The smallest absolute Gasteiger partial charge is 0.230 e. The number of amides is 1. The lowest BCUT2D eigenvalue weighted by Crippen LogP contribution is -2.42. The summed E-state index contributed by atoms with van der Waals surface area (Å²) < 4.78 is 37.9. The lowest BCUT2D eigenvalue weighted by atomic mass is 10.1. The summed E-state index contributed by atoms with van der Waals surface area (Å²) in [6.45, 7) is 3.36. The van der Waals surface area contributed by atoms with Gasteiger partial charge in [-0.05, 0) is 48.1 Å². The standard InChI is InChI=1S/C32H32ClFN4O6S/c1-41-29-16-23-26(17-30(29)43-19-22(39)18-38-10-12-42-13-11-38)35-9-8-27(23)44-28-7-6-21(15-25(28)34)36-32(45)37-31(40)14-20-4-2-3-5-24(20)33/h2-9,15-17,22,39H,10-14,18-19H2,1H3,(H2,36,37,40,45). The van der Waals surface area contributed by atoms with Crippen LogP contribution in [0.5, 0.6) is 23.0 Å². The summed E-state index contributed by atoms with van der Waals surface area (Å²) in [6.07, 6.45) is 0.877. The predicted octanol–water partition coefficient (Wildman–Crippen LogP) is 4.96. The first-order chi connectivity index (χ1) is 21.8. The van der Waals surface area contributed by atoms with E-state index in [1.165, 1.54) is 19.2 Å². The van der Waals surface area contributed by atoms with E-state index in [0.717, 1.165) is 13.1 Å². The van der Waals surface area contributed by atoms with Crippen LogP contribution < -0.4 is 24.8 Å². The number of aliphatic hydroxyl groups is 1. The van der Waals surface area contributed by atoms with Crippen LogP contribution in [0.4, 0.5) is 10.1 Å². The van der Waals surface area contributed by atoms with Gasteiger partial charge in [0.1, 0.15) is 18.5 Å². The maximum atomic E-state index is 15.1. The number of methoxy groups -OCH3 is 1. The van der Waals surface area contributed by atoms with Crippen molar-refractivity contribution in [3.05, 3.63) is 83.3 Å². The average Bonchev–Trinajstić information content (AvgIpc) is 3.02. The van der Waals surface area contributed by atoms with Gasteiger partial charge in [-0.1, -0.05) is 29.8 Å². The van der Waals surface area contributed by atoms with E-state index >= 15 is 4.39 Å². The molecule has 4 aromatic rings. The third-order valence-corrected chi connectivity index (χ3v) is 7.54. The van der Waals surface area contributed by atoms with E-state index in [4.69, 9.17) is 42.8 Å². The molecule has 236 valence electrons. The molecule has 13 heteroatoms. The second-order valence-electron chi connectivity index (χ2n) is 10.2. The van der Waals surface area contributed by atoms with Crippen LogP contribution in [0.25, 0.3) is 10.9 Å². The number of nitrogens with zero attached hydrogens (tertiary/aromatic N) is 2. The minimum Gasteiger partial charge on any atom is -0.493 e. The van der Waals surface area contributed by atoms with E-state index in [1.807, 2.05) is 0 Å². The molecule has 45 heavy (non-hydrogen) atoms. The van der Waals surface area contributed by atoms with Gasteiger partial charge in [0, 0.05) is 54.1 Å². The highest BCUT2D eigenvalue weighted by atomic mass is 35.5. The van der Waals surface area contributed by atoms with Crippen LogP contribution in [0.15, 0.2) is 66.9 Å². The molecule has 2 heterocycles. The number of morpholine rings is 1. The number of hydrogen-bond acceptors (Lipinski definition) is 9. The van der Waals surface area contributed by atoms with Crippen molar-refractivity contribution in [1.82, 2.24) is 15.2 Å². The van der Waals surface area contributed by atoms with Gasteiger partial charge >= 0.3 is 0 Å². The number of thiocarbonyl (C=S) groups is 1. The van der Waals surface area contributed by atoms with Gasteiger partial charge in [-0.2, -0.15) is 0 Å². The number of pyridine rings is 1. The number of rotatable bonds is 11. The maximum Gasteiger partial charge on any atom is 0.230 e. The van der Waals surface area contributed by atoms with Gasteiger partial charge in [-0.3, -0.25) is 14.7 Å². The van der Waals surface area contributed by atoms with Gasteiger partial charge in [0.2, 0.25) is 5.91 Å². The molecule has 3 aromatic carbocycles. The largest absolute Gasteiger partial charge is 0.493 e. The molecule has 5 rings (SSSR count). The van der Waals surface area contributed by atoms with Crippen LogP contribution in [-0.4, -0.2) is 78.7 Å². The fourth-order valence-corrected chi connectivity index (χ4v) is 5.17. The maximum absolute atomic E-state index is 15.1. The van der Waals surface area contributed by atoms with E-state index in [9.17, 15) is 9.90 Å². The van der Waals surface area contributed by atoms with Crippen molar-refractivity contribution in [2.24, 2.45) is 0 Å². The molecular weight excluding hydrogens is 623 g/mol. The Balaban J connectivity index is 1.22. The third-order valence-electron chi connectivity index (χ3n) is 6.96. The number of anilines is 1. The summed E-state index contributed by atoms with van der Waals surface area (Å²) in [6, 6.07) is 16.2. The fourth-order valence-electron chi connectivity index (χ4n) is 4.74. The summed E-state index contributed by atoms with van der Waals surface area (Å²) >= 11 is 11.3. The van der Waals surface area contributed by atoms with Crippen molar-refractivity contribution in [3.8, 4) is 23.0 Å². The first-order valence-electron chi connectivity index (χ1n) is 14.2. The Hall–Kier alpha value is -4.07. The lowest BCUT2D eigenvalue weighted by Gasteiger charge is -2.28. The van der Waals surface area contributed by atoms with E-state index in [0.29, 0.717) is 64.2 Å². The molecule has 1 atom stereocenters. The Bertz CT molecular complexity index is 1670. The highest BCUT2D eigenvalue weighted by molar-refractivity contribution is 7.80. The second kappa shape index (κ2) is 15.3. The molecule has 0 bridgehead atoms. The number of fused-ring (bicyclic) bond motifs is 1. The van der Waals surface area contributed by atoms with E-state index in [-0.39, 0.29) is 29.8 Å². The van der Waals surface area contributed by atoms with E-state index < -0.39 is 11.9 Å². The molecule has 0 saturated carbocycles. The van der Waals surface area contributed by atoms with Crippen LogP contribution in [0.3, 0.4) is 0 Å². The Morgan fingerprint density at radius 3 is 2.67 bits per heavy atom. The Kier molecular flexibility index (Phi) is 11.0. The summed E-state index contributed by atoms with van der Waals surface area (Å²) in [7, 11) is 1.50. The second-order valence-corrected chi connectivity index (χ2v) is 11.0. The van der Waals surface area contributed by atoms with Gasteiger partial charge in [0.25, 0.3) is 0 Å². The van der Waals surface area contributed by atoms with Crippen LogP contribution in [0.2, 0.25) is 5.02 Å². The Labute approximate surface area is 270 Å². The molecule has 1 amide bonds. The number of nitrogens with one attached hydrogen (secondary N) is 2. The number of hydrogen-bond donors (Lipinski definition) is 3. The molecule has 1 saturated heterocycles. The van der Waals surface area contributed by atoms with Gasteiger partial charge in [0.15, 0.2) is 28.2 Å². The van der Waals surface area contributed by atoms with Crippen molar-refractivity contribution < 1.29 is 33.2 Å². The van der Waals surface area contributed by atoms with Crippen LogP contribution in [0.1, 0.15) is 5.56 Å². The normalized spacial score (nSPS) is 14.0. The number of benzene rings is 3. The number of aromatic nitrogens is 1. The molecule has 1 aromatic heterocycles. The Morgan fingerprint density at radius 2 is 1.91 bits per heavy atom. The number of aliphatic hydroxyl groups excluding tert-OH is 1. The minimum absolute atomic E-state index is 0.0129. The zero-order valence-electron chi connectivity index (χ0n) is 24.4. The zero-order valence-corrected chi connectivity index (χ0v) is 26.0. The third kappa shape index (κ3) is 8.77. The summed E-state index contributed by atoms with van der Waals surface area (Å²) in [5, 5.41) is 16.9. The molecule has 10 nitrogen and oxygen atoms in total. The van der Waals surface area contributed by atoms with E-state index in [1.54, 1.807) is 54.7 Å². The molecule has 1 unspecified atom stereocenters. The molecule has 0 spiro atoms. The Morgan fingerprint density at radius 1 is 1.11 bits per heavy atom. The number of carbonyl (C=O) groups is 1. The number of carbonyl (C=O) groups excluding carboxylic acids is 1. The first kappa shape index (κ1) is 32.3. The fraction of sp³-hybridized carbons (Fsp3) is 0.281. The minimum atomic E-state index is -0.703. The molecule has 3 N–H and O–H groups in total. The number of ether oxygens (including phenoxy) is 4. The van der Waals surface area contributed by atoms with Crippen molar-refractivity contribution in [2.45, 2.75) is 12.5 Å². The first-order valence-corrected chi connectivity index (χ1v) is 15.0. The molecule has 1 aliphatic rings. The lowest BCUT2D eigenvalue weighted by molar-refractivity contribution is -0.119. The monoisotopic (exact) mass is 654 g/mol. The number of halogens is 2. The predicted molar refractivity (Wildman–Crippen MR) is 173 cm³/mol. The molecule has 0 aliphatic carbocycles.